The van der Waals surface area contributed by atoms with Gasteiger partial charge in [0.1, 0.15) is 17.1 Å². The van der Waals surface area contributed by atoms with E-state index in [4.69, 9.17) is 14.2 Å². The van der Waals surface area contributed by atoms with E-state index in [0.717, 1.165) is 0 Å². The van der Waals surface area contributed by atoms with Gasteiger partial charge in [-0.2, -0.15) is 0 Å². The molecule has 0 aromatic heterocycles. The SMILES string of the molecule is COc1ccccc1C(=O)OCC(=O)c1ccc(OC(=O)c2ccccc2)cc1. The second-order valence-electron chi connectivity index (χ2n) is 5.98. The van der Waals surface area contributed by atoms with Crippen LogP contribution in [0.2, 0.25) is 0 Å². The van der Waals surface area contributed by atoms with Crippen LogP contribution in [0, 0.1) is 0 Å². The van der Waals surface area contributed by atoms with Gasteiger partial charge in [-0.3, -0.25) is 4.79 Å². The lowest BCUT2D eigenvalue weighted by Gasteiger charge is -2.08. The van der Waals surface area contributed by atoms with Crippen LogP contribution in [-0.4, -0.2) is 31.4 Å². The number of ketones is 1. The molecule has 6 heteroatoms. The fraction of sp³-hybridized carbons (Fsp3) is 0.0870. The van der Waals surface area contributed by atoms with E-state index in [-0.39, 0.29) is 11.3 Å². The van der Waals surface area contributed by atoms with Crippen LogP contribution in [0.25, 0.3) is 0 Å². The third-order valence-electron chi connectivity index (χ3n) is 4.06. The number of hydrogen-bond donors (Lipinski definition) is 0. The molecule has 0 N–H and O–H groups in total. The maximum Gasteiger partial charge on any atom is 0.343 e. The number of para-hydroxylation sites is 1. The number of esters is 2. The minimum atomic E-state index is -0.649. The van der Waals surface area contributed by atoms with Gasteiger partial charge in [0, 0.05) is 5.56 Å². The van der Waals surface area contributed by atoms with Gasteiger partial charge < -0.3 is 14.2 Å². The monoisotopic (exact) mass is 390 g/mol. The van der Waals surface area contributed by atoms with Crippen molar-refractivity contribution >= 4 is 17.7 Å². The zero-order valence-electron chi connectivity index (χ0n) is 15.7. The molecule has 0 aliphatic rings. The number of carbonyl (C=O) groups excluding carboxylic acids is 3. The quantitative estimate of drug-likeness (QED) is 0.345. The van der Waals surface area contributed by atoms with Crippen LogP contribution in [-0.2, 0) is 4.74 Å². The van der Waals surface area contributed by atoms with Crippen LogP contribution in [0.4, 0.5) is 0 Å². The average Bonchev–Trinajstić information content (AvgIpc) is 2.78. The Bertz CT molecular complexity index is 1010. The molecule has 0 saturated heterocycles. The zero-order valence-corrected chi connectivity index (χ0v) is 15.7. The van der Waals surface area contributed by atoms with Crippen LogP contribution >= 0.6 is 0 Å². The van der Waals surface area contributed by atoms with E-state index >= 15 is 0 Å². The van der Waals surface area contributed by atoms with E-state index in [1.807, 2.05) is 0 Å². The Hall–Kier alpha value is -3.93. The van der Waals surface area contributed by atoms with Gasteiger partial charge in [0.2, 0.25) is 0 Å². The number of carbonyl (C=O) groups is 3. The highest BCUT2D eigenvalue weighted by molar-refractivity contribution is 6.00. The first-order chi connectivity index (χ1) is 14.1. The molecule has 0 spiro atoms. The van der Waals surface area contributed by atoms with Crippen LogP contribution in [0.5, 0.6) is 11.5 Å². The van der Waals surface area contributed by atoms with Crippen LogP contribution in [0.3, 0.4) is 0 Å². The minimum absolute atomic E-state index is 0.242. The molecule has 0 aliphatic carbocycles. The van der Waals surface area contributed by atoms with Crippen molar-refractivity contribution in [3.8, 4) is 11.5 Å². The summed E-state index contributed by atoms with van der Waals surface area (Å²) in [6, 6.07) is 21.2. The van der Waals surface area contributed by atoms with Gasteiger partial charge in [0.25, 0.3) is 0 Å². The summed E-state index contributed by atoms with van der Waals surface area (Å²) in [5.74, 6) is -0.843. The second-order valence-corrected chi connectivity index (χ2v) is 5.98. The molecule has 0 bridgehead atoms. The van der Waals surface area contributed by atoms with Crippen molar-refractivity contribution in [1.82, 2.24) is 0 Å². The van der Waals surface area contributed by atoms with Crippen molar-refractivity contribution in [2.75, 3.05) is 13.7 Å². The lowest BCUT2D eigenvalue weighted by Crippen LogP contribution is -2.15. The third kappa shape index (κ3) is 5.07. The van der Waals surface area contributed by atoms with E-state index in [0.29, 0.717) is 22.6 Å². The number of ether oxygens (including phenoxy) is 3. The largest absolute Gasteiger partial charge is 0.496 e. The molecule has 0 unspecified atom stereocenters. The first-order valence-corrected chi connectivity index (χ1v) is 8.79. The summed E-state index contributed by atoms with van der Waals surface area (Å²) in [4.78, 5) is 36.5. The summed E-state index contributed by atoms with van der Waals surface area (Å²) in [6.45, 7) is -0.417. The van der Waals surface area contributed by atoms with Crippen LogP contribution < -0.4 is 9.47 Å². The Kier molecular flexibility index (Phi) is 6.37. The smallest absolute Gasteiger partial charge is 0.343 e. The molecule has 0 atom stereocenters. The molecular weight excluding hydrogens is 372 g/mol. The predicted molar refractivity (Wildman–Crippen MR) is 105 cm³/mol. The Labute approximate surface area is 167 Å². The number of rotatable bonds is 7. The van der Waals surface area contributed by atoms with Crippen molar-refractivity contribution in [3.63, 3.8) is 0 Å². The summed E-state index contributed by atoms with van der Waals surface area (Å²) in [6.07, 6.45) is 0. The van der Waals surface area contributed by atoms with Gasteiger partial charge >= 0.3 is 11.9 Å². The topological polar surface area (TPSA) is 78.9 Å². The predicted octanol–water partition coefficient (Wildman–Crippen LogP) is 3.95. The summed E-state index contributed by atoms with van der Waals surface area (Å²) < 4.78 is 15.5. The molecule has 3 aromatic carbocycles. The average molecular weight is 390 g/mol. The highest BCUT2D eigenvalue weighted by Crippen LogP contribution is 2.19. The Morgan fingerprint density at radius 3 is 2.07 bits per heavy atom. The van der Waals surface area contributed by atoms with E-state index in [1.165, 1.54) is 31.4 Å². The highest BCUT2D eigenvalue weighted by Gasteiger charge is 2.16. The van der Waals surface area contributed by atoms with Crippen molar-refractivity contribution in [3.05, 3.63) is 95.6 Å². The van der Waals surface area contributed by atoms with E-state index in [2.05, 4.69) is 0 Å². The van der Waals surface area contributed by atoms with E-state index < -0.39 is 18.5 Å². The maximum absolute atomic E-state index is 12.3. The lowest BCUT2D eigenvalue weighted by atomic mass is 10.1. The Morgan fingerprint density at radius 1 is 0.724 bits per heavy atom. The molecule has 0 aliphatic heterocycles. The molecule has 146 valence electrons. The van der Waals surface area contributed by atoms with Gasteiger partial charge in [-0.1, -0.05) is 30.3 Å². The summed E-state index contributed by atoms with van der Waals surface area (Å²) in [5, 5.41) is 0. The van der Waals surface area contributed by atoms with Gasteiger partial charge in [0.05, 0.1) is 12.7 Å². The first kappa shape index (κ1) is 19.8. The third-order valence-corrected chi connectivity index (χ3v) is 4.06. The van der Waals surface area contributed by atoms with Crippen LogP contribution in [0.15, 0.2) is 78.9 Å². The normalized spacial score (nSPS) is 10.1. The summed E-state index contributed by atoms with van der Waals surface area (Å²) in [7, 11) is 1.45. The van der Waals surface area contributed by atoms with Crippen LogP contribution in [0.1, 0.15) is 31.1 Å². The molecular formula is C23H18O6. The molecule has 6 nitrogen and oxygen atoms in total. The molecule has 0 heterocycles. The first-order valence-electron chi connectivity index (χ1n) is 8.79. The molecule has 29 heavy (non-hydrogen) atoms. The van der Waals surface area contributed by atoms with Gasteiger partial charge in [-0.25, -0.2) is 9.59 Å². The summed E-state index contributed by atoms with van der Waals surface area (Å²) >= 11 is 0. The second kappa shape index (κ2) is 9.32. The zero-order chi connectivity index (χ0) is 20.6. The highest BCUT2D eigenvalue weighted by atomic mass is 16.5. The molecule has 3 aromatic rings. The van der Waals surface area contributed by atoms with Gasteiger partial charge in [-0.05, 0) is 48.5 Å². The van der Waals surface area contributed by atoms with Gasteiger partial charge in [0.15, 0.2) is 12.4 Å². The minimum Gasteiger partial charge on any atom is -0.496 e. The lowest BCUT2D eigenvalue weighted by molar-refractivity contribution is 0.0471. The van der Waals surface area contributed by atoms with Crippen molar-refractivity contribution in [2.24, 2.45) is 0 Å². The molecule has 0 amide bonds. The molecule has 0 radical (unpaired) electrons. The Balaban J connectivity index is 1.57. The van der Waals surface area contributed by atoms with E-state index in [9.17, 15) is 14.4 Å². The van der Waals surface area contributed by atoms with Crippen molar-refractivity contribution in [2.45, 2.75) is 0 Å². The molecule has 3 rings (SSSR count). The maximum atomic E-state index is 12.3. The number of hydrogen-bond acceptors (Lipinski definition) is 6. The Morgan fingerprint density at radius 2 is 1.38 bits per heavy atom. The summed E-state index contributed by atoms with van der Waals surface area (Å²) in [5.41, 5.74) is 0.999. The fourth-order valence-corrected chi connectivity index (χ4v) is 2.55. The van der Waals surface area contributed by atoms with Crippen molar-refractivity contribution < 1.29 is 28.6 Å². The van der Waals surface area contributed by atoms with Crippen molar-refractivity contribution in [1.29, 1.82) is 0 Å². The number of methoxy groups -OCH3 is 1. The fourth-order valence-electron chi connectivity index (χ4n) is 2.55. The van der Waals surface area contributed by atoms with E-state index in [1.54, 1.807) is 54.6 Å². The van der Waals surface area contributed by atoms with Gasteiger partial charge in [-0.15, -0.1) is 0 Å². The molecule has 0 saturated carbocycles. The number of benzene rings is 3. The standard InChI is InChI=1S/C23H18O6/c1-27-21-10-6-5-9-19(21)23(26)28-15-20(24)16-11-13-18(14-12-16)29-22(25)17-7-3-2-4-8-17/h2-14H,15H2,1H3. The molecule has 0 fully saturated rings. The number of Topliss-reactive ketones (excluding diaryl/α,β-unsaturated/α-hetero) is 1.